The summed E-state index contributed by atoms with van der Waals surface area (Å²) in [6.45, 7) is 5.05. The molecule has 9 nitrogen and oxygen atoms in total. The van der Waals surface area contributed by atoms with Crippen LogP contribution in [0.3, 0.4) is 0 Å². The molecule has 39 heteroatoms. The smallest absolute Gasteiger partial charge is 0.416 e. The fourth-order valence-corrected chi connectivity index (χ4v) is 14.2. The first-order valence-corrected chi connectivity index (χ1v) is 34.2. The maximum absolute atomic E-state index is 16.0. The summed E-state index contributed by atoms with van der Waals surface area (Å²) in [5.41, 5.74) is -38.1. The van der Waals surface area contributed by atoms with Crippen molar-refractivity contribution in [2.75, 3.05) is 79.3 Å². The largest absolute Gasteiger partial charge is 0.491 e. The van der Waals surface area contributed by atoms with Crippen LogP contribution in [-0.2, 0) is 49.8 Å². The van der Waals surface area contributed by atoms with E-state index < -0.39 is 179 Å². The van der Waals surface area contributed by atoms with Gasteiger partial charge in [-0.05, 0) is 72.8 Å². The Morgan fingerprint density at radius 2 is 0.391 bits per heavy atom. The van der Waals surface area contributed by atoms with Crippen molar-refractivity contribution < 1.29 is 166 Å². The highest BCUT2D eigenvalue weighted by Gasteiger charge is 2.60. The van der Waals surface area contributed by atoms with Crippen molar-refractivity contribution in [3.63, 3.8) is 0 Å². The molecule has 10 aromatic rings. The van der Waals surface area contributed by atoms with Gasteiger partial charge in [-0.2, -0.15) is 52.7 Å². The van der Waals surface area contributed by atoms with Crippen molar-refractivity contribution in [3.05, 3.63) is 279 Å². The number of alkyl halides is 12. The first-order chi connectivity index (χ1) is 54.4. The van der Waals surface area contributed by atoms with Crippen LogP contribution in [0.5, 0.6) is 34.5 Å². The van der Waals surface area contributed by atoms with Gasteiger partial charge in [-0.15, -0.1) is 21.9 Å². The highest BCUT2D eigenvalue weighted by molar-refractivity contribution is 7.97. The molecule has 10 rings (SSSR count). The molecule has 0 saturated carbocycles. The fraction of sp³-hybridized carbons (Fsp3) is 0.211. The summed E-state index contributed by atoms with van der Waals surface area (Å²) < 4.78 is 472. The molecule has 0 unspecified atom stereocenters. The monoisotopic (exact) mass is 1680 g/mol. The molecule has 0 atom stereocenters. The average molecular weight is 1680 g/mol. The number of hydrogen-bond donors (Lipinski definition) is 0. The number of ether oxygens (including phenoxy) is 9. The Morgan fingerprint density at radius 3 is 0.600 bits per heavy atom. The lowest BCUT2D eigenvalue weighted by atomic mass is 9.11. The SMILES string of the molecule is Fc1c(F)c(F)c(C(F)(F)F)c([B-](c2c(F)c(F)c(F)c(F)c2C(F)(F)F)(c2c(F)c(F)c(F)c(F)c2C(F)(F)F)c2c(F)c(F)c(F)c(F)c2C(F)(F)F)c1F.c1ccc(OCCOCCOc2ccccc2[S+](c2ccccc2OCCOCCOc2ccccc2)c2ccccc2OCCOCCOc2ccccc2)cc1. The fourth-order valence-electron chi connectivity index (χ4n) is 11.9. The molecule has 614 valence electrons. The summed E-state index contributed by atoms with van der Waals surface area (Å²) in [7, 11) is -0.701. The third kappa shape index (κ3) is 19.7. The molecule has 0 aromatic heterocycles. The van der Waals surface area contributed by atoms with E-state index in [1.807, 2.05) is 146 Å². The van der Waals surface area contributed by atoms with Crippen LogP contribution >= 0.6 is 0 Å². The van der Waals surface area contributed by atoms with E-state index >= 15 is 35.1 Å². The number of hydrogen-bond acceptors (Lipinski definition) is 9. The van der Waals surface area contributed by atoms with Crippen LogP contribution in [0.25, 0.3) is 0 Å². The Morgan fingerprint density at radius 1 is 0.209 bits per heavy atom. The first kappa shape index (κ1) is 88.3. The zero-order valence-electron chi connectivity index (χ0n) is 57.8. The summed E-state index contributed by atoms with van der Waals surface area (Å²) in [6.07, 6.45) is -39.5. The molecular weight excluding hydrogens is 1630 g/mol. The predicted octanol–water partition coefficient (Wildman–Crippen LogP) is 18.6. The lowest BCUT2D eigenvalue weighted by molar-refractivity contribution is -0.140. The van der Waals surface area contributed by atoms with Crippen molar-refractivity contribution in [1.29, 1.82) is 0 Å². The topological polar surface area (TPSA) is 83.1 Å². The van der Waals surface area contributed by atoms with E-state index in [9.17, 15) is 87.8 Å². The second-order valence-corrected chi connectivity index (χ2v) is 25.5. The van der Waals surface area contributed by atoms with Crippen molar-refractivity contribution in [2.45, 2.75) is 39.4 Å². The van der Waals surface area contributed by atoms with E-state index in [4.69, 9.17) is 42.6 Å². The van der Waals surface area contributed by atoms with Crippen molar-refractivity contribution in [2.24, 2.45) is 0 Å². The Kier molecular flexibility index (Phi) is 29.0. The summed E-state index contributed by atoms with van der Waals surface area (Å²) in [5, 5.41) is 0. The summed E-state index contributed by atoms with van der Waals surface area (Å²) in [4.78, 5) is 2.97. The van der Waals surface area contributed by atoms with Gasteiger partial charge < -0.3 is 42.6 Å². The average Bonchev–Trinajstić information content (AvgIpc) is 0.667. The van der Waals surface area contributed by atoms with Gasteiger partial charge in [0.1, 0.15) is 97.2 Å². The zero-order chi connectivity index (χ0) is 84.1. The minimum absolute atomic E-state index is 0.368. The Labute approximate surface area is 634 Å². The quantitative estimate of drug-likeness (QED) is 0.0105. The van der Waals surface area contributed by atoms with Gasteiger partial charge >= 0.3 is 24.7 Å². The Balaban J connectivity index is 0.000000263. The van der Waals surface area contributed by atoms with Crippen LogP contribution in [-0.4, -0.2) is 85.4 Å². The Hall–Kier alpha value is -10.7. The summed E-state index contributed by atoms with van der Waals surface area (Å²) >= 11 is 0. The maximum Gasteiger partial charge on any atom is 0.416 e. The summed E-state index contributed by atoms with van der Waals surface area (Å²) in [6, 6.07) is 53.5. The van der Waals surface area contributed by atoms with E-state index in [2.05, 4.69) is 18.2 Å². The zero-order valence-corrected chi connectivity index (χ0v) is 58.6. The van der Waals surface area contributed by atoms with Gasteiger partial charge in [0, 0.05) is 0 Å². The van der Waals surface area contributed by atoms with E-state index in [1.165, 1.54) is 0 Å². The third-order valence-corrected chi connectivity index (χ3v) is 18.8. The molecular formula is C76H51BF28O9S. The molecule has 0 fully saturated rings. The van der Waals surface area contributed by atoms with Crippen molar-refractivity contribution in [3.8, 4) is 34.5 Å². The van der Waals surface area contributed by atoms with Crippen molar-refractivity contribution in [1.82, 2.24) is 0 Å². The van der Waals surface area contributed by atoms with Crippen LogP contribution < -0.4 is 50.3 Å². The van der Waals surface area contributed by atoms with Crippen molar-refractivity contribution >= 4 is 38.9 Å². The molecule has 0 aliphatic rings. The number of halogens is 28. The van der Waals surface area contributed by atoms with Crippen LogP contribution in [0.1, 0.15) is 22.3 Å². The lowest BCUT2D eigenvalue weighted by Crippen LogP contribution is -2.82. The normalized spacial score (nSPS) is 12.1. The van der Waals surface area contributed by atoms with Gasteiger partial charge in [0.15, 0.2) is 87.1 Å². The van der Waals surface area contributed by atoms with E-state index in [0.717, 1.165) is 49.2 Å². The minimum Gasteiger partial charge on any atom is -0.491 e. The molecule has 0 heterocycles. The summed E-state index contributed by atoms with van der Waals surface area (Å²) in [5.74, 6) is -65.1. The first-order valence-electron chi connectivity index (χ1n) is 33.0. The van der Waals surface area contributed by atoms with Gasteiger partial charge in [-0.3, -0.25) is 0 Å². The molecule has 0 radical (unpaired) electrons. The second kappa shape index (κ2) is 37.7. The molecule has 115 heavy (non-hydrogen) atoms. The number of para-hydroxylation sites is 6. The highest BCUT2D eigenvalue weighted by Crippen LogP contribution is 2.47. The molecule has 0 aliphatic carbocycles. The standard InChI is InChI=1S/C48H51O9S.C28BF28/c1-4-16-40(17-5-1)52-34-28-49-31-37-55-43-22-10-13-25-46(43)58(47-26-14-11-23-44(47)56-38-32-50-29-35-53-41-18-6-2-7-19-41)48-27-15-12-24-45(48)57-39-33-51-30-36-54-42-20-8-3-9-21-42;30-9-1(25(46,47)48)5(13(34)21(42)17(9)38)29(6-2(26(49,50)51)10(31)18(39)22(43)14(6)35,7-3(27(52,53)54)11(32)19(40)23(44)15(7)36)8-4(28(55,56)57)12(33)20(41)24(45)16(8)37/h1-27H,28-39H2;/q+1;-1. The number of rotatable bonds is 31. The van der Waals surface area contributed by atoms with Gasteiger partial charge in [0.05, 0.1) is 61.9 Å². The second-order valence-electron chi connectivity index (χ2n) is 23.5. The Bertz CT molecular complexity index is 4460. The lowest BCUT2D eigenvalue weighted by Gasteiger charge is -2.49. The van der Waals surface area contributed by atoms with Crippen LogP contribution in [0.15, 0.2) is 178 Å². The predicted molar refractivity (Wildman–Crippen MR) is 356 cm³/mol. The van der Waals surface area contributed by atoms with E-state index in [0.29, 0.717) is 79.3 Å². The van der Waals surface area contributed by atoms with E-state index in [1.54, 1.807) is 0 Å². The molecule has 0 bridgehead atoms. The van der Waals surface area contributed by atoms with Gasteiger partial charge in [0.25, 0.3) is 0 Å². The minimum atomic E-state index is -8.89. The molecule has 0 aliphatic heterocycles. The number of benzene rings is 10. The molecule has 10 aromatic carbocycles. The van der Waals surface area contributed by atoms with Crippen LogP contribution in [0, 0.1) is 93.1 Å². The molecule has 0 saturated heterocycles. The third-order valence-electron chi connectivity index (χ3n) is 16.5. The maximum atomic E-state index is 16.0. The van der Waals surface area contributed by atoms with Crippen LogP contribution in [0.4, 0.5) is 123 Å². The van der Waals surface area contributed by atoms with Gasteiger partial charge in [-0.25, -0.2) is 70.2 Å². The van der Waals surface area contributed by atoms with Crippen LogP contribution in [0.2, 0.25) is 0 Å². The van der Waals surface area contributed by atoms with E-state index in [-0.39, 0.29) is 0 Å². The molecule has 0 spiro atoms. The highest BCUT2D eigenvalue weighted by atomic mass is 32.2. The molecule has 0 amide bonds. The molecule has 0 N–H and O–H groups in total. The van der Waals surface area contributed by atoms with Gasteiger partial charge in [0.2, 0.25) is 14.7 Å². The van der Waals surface area contributed by atoms with Gasteiger partial charge in [-0.1, -0.05) is 91.0 Å².